The molecule has 0 saturated carbocycles. The number of carbonyl (C=O) groups excluding carboxylic acids is 1. The Labute approximate surface area is 192 Å². The van der Waals surface area contributed by atoms with Crippen LogP contribution in [0.5, 0.6) is 0 Å². The van der Waals surface area contributed by atoms with Crippen LogP contribution in [0.3, 0.4) is 0 Å². The predicted molar refractivity (Wildman–Crippen MR) is 128 cm³/mol. The van der Waals surface area contributed by atoms with Crippen LogP contribution in [0.4, 0.5) is 0 Å². The molecule has 1 atom stereocenters. The first-order valence-electron chi connectivity index (χ1n) is 10.2. The van der Waals surface area contributed by atoms with E-state index in [0.29, 0.717) is 26.3 Å². The van der Waals surface area contributed by atoms with Gasteiger partial charge >= 0.3 is 5.97 Å². The van der Waals surface area contributed by atoms with Gasteiger partial charge in [0.1, 0.15) is 0 Å². The van der Waals surface area contributed by atoms with Gasteiger partial charge in [-0.05, 0) is 51.7 Å². The van der Waals surface area contributed by atoms with Crippen LogP contribution in [0.15, 0.2) is 29.3 Å². The lowest BCUT2D eigenvalue weighted by Crippen LogP contribution is -2.48. The molecule has 1 unspecified atom stereocenters. The molecule has 1 fully saturated rings. The molecule has 1 N–H and O–H groups in total. The van der Waals surface area contributed by atoms with Gasteiger partial charge in [-0.25, -0.2) is 0 Å². The molecule has 1 aromatic rings. The van der Waals surface area contributed by atoms with Crippen LogP contribution in [0.25, 0.3) is 0 Å². The number of piperidine rings is 1. The van der Waals surface area contributed by atoms with E-state index in [0.717, 1.165) is 30.9 Å². The maximum atomic E-state index is 12.1. The number of benzene rings is 1. The summed E-state index contributed by atoms with van der Waals surface area (Å²) < 4.78 is 11.1. The number of carbonyl (C=O) groups is 1. The highest BCUT2D eigenvalue weighted by molar-refractivity contribution is 14.0. The monoisotopic (exact) mass is 517 g/mol. The quantitative estimate of drug-likeness (QED) is 0.268. The fraction of sp³-hybridized carbons (Fsp3) is 0.636. The van der Waals surface area contributed by atoms with Crippen molar-refractivity contribution in [3.05, 3.63) is 35.4 Å². The molecule has 0 radical (unpaired) electrons. The van der Waals surface area contributed by atoms with Gasteiger partial charge in [0.15, 0.2) is 5.96 Å². The van der Waals surface area contributed by atoms with Gasteiger partial charge in [-0.1, -0.05) is 24.3 Å². The predicted octanol–water partition coefficient (Wildman–Crippen LogP) is 3.97. The second-order valence-corrected chi connectivity index (χ2v) is 8.16. The number of hydrogen-bond donors (Lipinski definition) is 1. The van der Waals surface area contributed by atoms with Gasteiger partial charge in [0.2, 0.25) is 0 Å². The highest BCUT2D eigenvalue weighted by atomic mass is 127. The highest BCUT2D eigenvalue weighted by Crippen LogP contribution is 2.18. The van der Waals surface area contributed by atoms with Crippen LogP contribution in [0.2, 0.25) is 0 Å². The average Bonchev–Trinajstić information content (AvgIpc) is 2.67. The van der Waals surface area contributed by atoms with Crippen LogP contribution < -0.4 is 5.32 Å². The molecule has 7 heteroatoms. The van der Waals surface area contributed by atoms with E-state index in [1.165, 1.54) is 5.56 Å². The van der Waals surface area contributed by atoms with E-state index in [2.05, 4.69) is 60.2 Å². The normalized spacial score (nSPS) is 17.5. The van der Waals surface area contributed by atoms with E-state index < -0.39 is 0 Å². The number of likely N-dealkylation sites (tertiary alicyclic amines) is 1. The van der Waals surface area contributed by atoms with Crippen molar-refractivity contribution in [1.82, 2.24) is 10.2 Å². The summed E-state index contributed by atoms with van der Waals surface area (Å²) in [6.45, 7) is 11.3. The second-order valence-electron chi connectivity index (χ2n) is 8.16. The van der Waals surface area contributed by atoms with E-state index in [4.69, 9.17) is 9.47 Å². The van der Waals surface area contributed by atoms with Gasteiger partial charge in [0.05, 0.1) is 24.7 Å². The maximum absolute atomic E-state index is 12.1. The van der Waals surface area contributed by atoms with Crippen molar-refractivity contribution in [3.8, 4) is 0 Å². The average molecular weight is 517 g/mol. The van der Waals surface area contributed by atoms with E-state index in [1.807, 2.05) is 6.92 Å². The Morgan fingerprint density at radius 1 is 1.31 bits per heavy atom. The van der Waals surface area contributed by atoms with Crippen molar-refractivity contribution in [2.75, 3.05) is 26.7 Å². The molecule has 0 aromatic heterocycles. The number of halogens is 1. The Hall–Kier alpha value is -1.35. The number of nitrogens with one attached hydrogen (secondary N) is 1. The Kier molecular flexibility index (Phi) is 11.0. The van der Waals surface area contributed by atoms with Crippen molar-refractivity contribution in [2.24, 2.45) is 10.9 Å². The first kappa shape index (κ1) is 25.7. The second kappa shape index (κ2) is 12.4. The zero-order valence-corrected chi connectivity index (χ0v) is 20.7. The van der Waals surface area contributed by atoms with Crippen LogP contribution in [-0.2, 0) is 27.4 Å². The van der Waals surface area contributed by atoms with Crippen molar-refractivity contribution < 1.29 is 14.3 Å². The number of aliphatic imine (C=N–C) groups is 1. The zero-order valence-electron chi connectivity index (χ0n) is 18.4. The molecule has 0 bridgehead atoms. The number of hydrogen-bond acceptors (Lipinski definition) is 4. The van der Waals surface area contributed by atoms with Gasteiger partial charge in [0, 0.05) is 26.7 Å². The minimum atomic E-state index is -0.153. The lowest BCUT2D eigenvalue weighted by atomic mass is 9.98. The SMILES string of the molecule is CCOC(=O)C1CCCN(C(=NC)NCc2cccc(COC(C)(C)C)c2)C1.I. The largest absolute Gasteiger partial charge is 0.466 e. The van der Waals surface area contributed by atoms with Gasteiger partial charge < -0.3 is 19.7 Å². The third-order valence-corrected chi connectivity index (χ3v) is 4.67. The summed E-state index contributed by atoms with van der Waals surface area (Å²) in [5, 5.41) is 3.43. The Morgan fingerprint density at radius 2 is 2.03 bits per heavy atom. The molecule has 0 spiro atoms. The molecular weight excluding hydrogens is 481 g/mol. The van der Waals surface area contributed by atoms with Gasteiger partial charge in [-0.15, -0.1) is 24.0 Å². The van der Waals surface area contributed by atoms with E-state index in [9.17, 15) is 4.79 Å². The summed E-state index contributed by atoms with van der Waals surface area (Å²) in [7, 11) is 1.78. The molecule has 0 amide bonds. The number of guanidine groups is 1. The minimum Gasteiger partial charge on any atom is -0.466 e. The van der Waals surface area contributed by atoms with E-state index in [-0.39, 0.29) is 41.5 Å². The first-order valence-corrected chi connectivity index (χ1v) is 10.2. The molecule has 1 heterocycles. The Bertz CT molecular complexity index is 674. The van der Waals surface area contributed by atoms with Gasteiger partial charge in [-0.2, -0.15) is 0 Å². The van der Waals surface area contributed by atoms with Crippen molar-refractivity contribution >= 4 is 35.9 Å². The number of esters is 1. The molecule has 164 valence electrons. The van der Waals surface area contributed by atoms with Crippen LogP contribution in [0.1, 0.15) is 51.7 Å². The number of ether oxygens (including phenoxy) is 2. The number of nitrogens with zero attached hydrogens (tertiary/aromatic N) is 2. The third-order valence-electron chi connectivity index (χ3n) is 4.67. The molecular formula is C22H36IN3O3. The summed E-state index contributed by atoms with van der Waals surface area (Å²) >= 11 is 0. The molecule has 6 nitrogen and oxygen atoms in total. The fourth-order valence-electron chi connectivity index (χ4n) is 3.26. The van der Waals surface area contributed by atoms with E-state index in [1.54, 1.807) is 7.05 Å². The number of rotatable bonds is 6. The Balaban J connectivity index is 0.00000420. The van der Waals surface area contributed by atoms with Crippen LogP contribution >= 0.6 is 24.0 Å². The standard InChI is InChI=1S/C22H35N3O3.HI/c1-6-27-20(26)19-11-8-12-25(15-19)21(23-5)24-14-17-9-7-10-18(13-17)16-28-22(2,3)4;/h7,9-10,13,19H,6,8,11-12,14-16H2,1-5H3,(H,23,24);1H. The van der Waals surface area contributed by atoms with Crippen molar-refractivity contribution in [2.45, 2.75) is 59.3 Å². The molecule has 1 aliphatic heterocycles. The molecule has 29 heavy (non-hydrogen) atoms. The van der Waals surface area contributed by atoms with Crippen LogP contribution in [0, 0.1) is 5.92 Å². The molecule has 0 aliphatic carbocycles. The summed E-state index contributed by atoms with van der Waals surface area (Å²) in [5.41, 5.74) is 2.18. The van der Waals surface area contributed by atoms with Crippen molar-refractivity contribution in [3.63, 3.8) is 0 Å². The van der Waals surface area contributed by atoms with E-state index >= 15 is 0 Å². The summed E-state index contributed by atoms with van der Waals surface area (Å²) in [5.74, 6) is 0.643. The van der Waals surface area contributed by atoms with Crippen molar-refractivity contribution in [1.29, 1.82) is 0 Å². The lowest BCUT2D eigenvalue weighted by Gasteiger charge is -2.34. The molecule has 2 rings (SSSR count). The summed E-state index contributed by atoms with van der Waals surface area (Å²) in [6, 6.07) is 8.39. The topological polar surface area (TPSA) is 63.2 Å². The minimum absolute atomic E-state index is 0. The summed E-state index contributed by atoms with van der Waals surface area (Å²) in [4.78, 5) is 18.6. The Morgan fingerprint density at radius 3 is 2.69 bits per heavy atom. The highest BCUT2D eigenvalue weighted by Gasteiger charge is 2.28. The van der Waals surface area contributed by atoms with Gasteiger partial charge in [-0.3, -0.25) is 9.79 Å². The maximum Gasteiger partial charge on any atom is 0.310 e. The fourth-order valence-corrected chi connectivity index (χ4v) is 3.26. The zero-order chi connectivity index (χ0) is 20.6. The lowest BCUT2D eigenvalue weighted by molar-refractivity contribution is -0.149. The summed E-state index contributed by atoms with van der Waals surface area (Å²) in [6.07, 6.45) is 1.84. The molecule has 1 aromatic carbocycles. The van der Waals surface area contributed by atoms with Gasteiger partial charge in [0.25, 0.3) is 0 Å². The smallest absolute Gasteiger partial charge is 0.310 e. The first-order chi connectivity index (χ1) is 13.3. The third kappa shape index (κ3) is 8.90. The van der Waals surface area contributed by atoms with Crippen LogP contribution in [-0.4, -0.2) is 49.2 Å². The molecule has 1 saturated heterocycles. The molecule has 1 aliphatic rings.